The highest BCUT2D eigenvalue weighted by Crippen LogP contribution is 2.22. The number of likely N-dealkylation sites (tertiary alicyclic amines) is 1. The molecule has 0 aliphatic carbocycles. The van der Waals surface area contributed by atoms with Crippen LogP contribution < -0.4 is 0 Å². The third kappa shape index (κ3) is 3.05. The van der Waals surface area contributed by atoms with E-state index >= 15 is 0 Å². The maximum Gasteiger partial charge on any atom is 0.272 e. The molecule has 0 saturated carbocycles. The molecule has 1 fully saturated rings. The highest BCUT2D eigenvalue weighted by atomic mass is 16.2. The lowest BCUT2D eigenvalue weighted by molar-refractivity contribution is -0.131. The molecule has 7 nitrogen and oxygen atoms in total. The fourth-order valence-corrected chi connectivity index (χ4v) is 2.59. The monoisotopic (exact) mass is 289 g/mol. The van der Waals surface area contributed by atoms with Crippen LogP contribution in [0.25, 0.3) is 0 Å². The second kappa shape index (κ2) is 5.95. The van der Waals surface area contributed by atoms with Crippen LogP contribution in [0.3, 0.4) is 0 Å². The van der Waals surface area contributed by atoms with Crippen molar-refractivity contribution in [3.8, 4) is 6.07 Å². The highest BCUT2D eigenvalue weighted by molar-refractivity contribution is 5.95. The van der Waals surface area contributed by atoms with Crippen molar-refractivity contribution in [1.29, 1.82) is 5.26 Å². The van der Waals surface area contributed by atoms with Crippen molar-refractivity contribution in [2.24, 2.45) is 13.0 Å². The molecular weight excluding hydrogens is 270 g/mol. The molecule has 2 unspecified atom stereocenters. The molecule has 1 aliphatic heterocycles. The van der Waals surface area contributed by atoms with E-state index in [1.54, 1.807) is 25.1 Å². The van der Waals surface area contributed by atoms with Gasteiger partial charge in [-0.1, -0.05) is 6.92 Å². The first kappa shape index (κ1) is 15.0. The van der Waals surface area contributed by atoms with Gasteiger partial charge in [-0.05, 0) is 18.4 Å². The Morgan fingerprint density at radius 1 is 1.57 bits per heavy atom. The lowest BCUT2D eigenvalue weighted by Crippen LogP contribution is -2.43. The first-order valence-corrected chi connectivity index (χ1v) is 6.86. The molecule has 0 bridgehead atoms. The largest absolute Gasteiger partial charge is 0.331 e. The van der Waals surface area contributed by atoms with Crippen molar-refractivity contribution < 1.29 is 9.59 Å². The Kier molecular flexibility index (Phi) is 4.26. The molecule has 112 valence electrons. The molecule has 1 aromatic heterocycles. The van der Waals surface area contributed by atoms with Gasteiger partial charge in [0.15, 0.2) is 0 Å². The van der Waals surface area contributed by atoms with Crippen molar-refractivity contribution in [2.75, 3.05) is 20.1 Å². The summed E-state index contributed by atoms with van der Waals surface area (Å²) in [5.41, 5.74) is 0.428. The number of hydrogen-bond donors (Lipinski definition) is 0. The van der Waals surface area contributed by atoms with Gasteiger partial charge < -0.3 is 9.80 Å². The molecule has 0 spiro atoms. The van der Waals surface area contributed by atoms with Gasteiger partial charge in [0.2, 0.25) is 5.91 Å². The Morgan fingerprint density at radius 3 is 2.86 bits per heavy atom. The quantitative estimate of drug-likeness (QED) is 0.799. The summed E-state index contributed by atoms with van der Waals surface area (Å²) in [4.78, 5) is 27.4. The minimum absolute atomic E-state index is 0.0328. The van der Waals surface area contributed by atoms with Crippen molar-refractivity contribution in [2.45, 2.75) is 19.4 Å². The van der Waals surface area contributed by atoms with Crippen molar-refractivity contribution in [1.82, 2.24) is 19.6 Å². The van der Waals surface area contributed by atoms with Crippen molar-refractivity contribution in [3.05, 3.63) is 18.0 Å². The Bertz CT molecular complexity index is 588. The van der Waals surface area contributed by atoms with E-state index in [4.69, 9.17) is 5.26 Å². The minimum Gasteiger partial charge on any atom is -0.331 e. The number of rotatable bonds is 3. The summed E-state index contributed by atoms with van der Waals surface area (Å²) in [6, 6.07) is 3.38. The van der Waals surface area contributed by atoms with E-state index < -0.39 is 0 Å². The van der Waals surface area contributed by atoms with Crippen LogP contribution in [0.4, 0.5) is 0 Å². The zero-order valence-electron chi connectivity index (χ0n) is 12.5. The third-order valence-corrected chi connectivity index (χ3v) is 3.74. The molecule has 2 amide bonds. The molecule has 1 aliphatic rings. The normalized spacial score (nSPS) is 21.1. The molecular formula is C14H19N5O2. The van der Waals surface area contributed by atoms with Crippen LogP contribution in [-0.2, 0) is 11.8 Å². The van der Waals surface area contributed by atoms with E-state index in [2.05, 4.69) is 11.2 Å². The molecule has 0 aromatic carbocycles. The summed E-state index contributed by atoms with van der Waals surface area (Å²) in [6.45, 7) is 2.56. The van der Waals surface area contributed by atoms with Gasteiger partial charge in [-0.15, -0.1) is 0 Å². The van der Waals surface area contributed by atoms with Gasteiger partial charge in [-0.25, -0.2) is 0 Å². The van der Waals surface area contributed by atoms with E-state index in [1.165, 1.54) is 15.8 Å². The maximum absolute atomic E-state index is 12.3. The standard InChI is InChI=1S/C14H19N5O2/c1-10-6-11(7-15)19(8-10)13(20)9-17(2)14(21)12-4-5-16-18(12)3/h4-5,10-11H,6,8-9H2,1-3H3. The van der Waals surface area contributed by atoms with Crippen LogP contribution in [0.1, 0.15) is 23.8 Å². The average molecular weight is 289 g/mol. The second-order valence-electron chi connectivity index (χ2n) is 5.53. The number of nitrogens with zero attached hydrogens (tertiary/aromatic N) is 5. The lowest BCUT2D eigenvalue weighted by Gasteiger charge is -2.23. The summed E-state index contributed by atoms with van der Waals surface area (Å²) in [5.74, 6) is -0.135. The molecule has 2 atom stereocenters. The van der Waals surface area contributed by atoms with E-state index in [-0.39, 0.29) is 24.4 Å². The molecule has 1 saturated heterocycles. The Hall–Kier alpha value is -2.36. The summed E-state index contributed by atoms with van der Waals surface area (Å²) in [5, 5.41) is 13.0. The predicted molar refractivity (Wildman–Crippen MR) is 75.1 cm³/mol. The summed E-state index contributed by atoms with van der Waals surface area (Å²) >= 11 is 0. The molecule has 2 heterocycles. The van der Waals surface area contributed by atoms with Gasteiger partial charge in [0, 0.05) is 26.8 Å². The van der Waals surface area contributed by atoms with Crippen LogP contribution in [0.5, 0.6) is 0 Å². The minimum atomic E-state index is -0.382. The van der Waals surface area contributed by atoms with Gasteiger partial charge in [-0.2, -0.15) is 10.4 Å². The van der Waals surface area contributed by atoms with Crippen LogP contribution in [-0.4, -0.2) is 57.6 Å². The predicted octanol–water partition coefficient (Wildman–Crippen LogP) is 0.253. The lowest BCUT2D eigenvalue weighted by atomic mass is 10.1. The van der Waals surface area contributed by atoms with Crippen molar-refractivity contribution >= 4 is 11.8 Å². The van der Waals surface area contributed by atoms with Crippen LogP contribution in [0, 0.1) is 17.2 Å². The fourth-order valence-electron chi connectivity index (χ4n) is 2.59. The smallest absolute Gasteiger partial charge is 0.272 e. The SMILES string of the molecule is CC1CC(C#N)N(C(=O)CN(C)C(=O)c2ccnn2C)C1. The molecule has 1 aromatic rings. The number of aromatic nitrogens is 2. The maximum atomic E-state index is 12.3. The number of likely N-dealkylation sites (N-methyl/N-ethyl adjacent to an activating group) is 1. The van der Waals surface area contributed by atoms with E-state index in [1.807, 2.05) is 6.92 Å². The van der Waals surface area contributed by atoms with E-state index in [0.29, 0.717) is 24.6 Å². The third-order valence-electron chi connectivity index (χ3n) is 3.74. The van der Waals surface area contributed by atoms with Crippen molar-refractivity contribution in [3.63, 3.8) is 0 Å². The van der Waals surface area contributed by atoms with Gasteiger partial charge in [-0.3, -0.25) is 14.3 Å². The number of aryl methyl sites for hydroxylation is 1. The highest BCUT2D eigenvalue weighted by Gasteiger charge is 2.33. The topological polar surface area (TPSA) is 82.2 Å². The average Bonchev–Trinajstić information content (AvgIpc) is 3.03. The molecule has 21 heavy (non-hydrogen) atoms. The van der Waals surface area contributed by atoms with Crippen LogP contribution in [0.2, 0.25) is 0 Å². The number of carbonyl (C=O) groups is 2. The Labute approximate surface area is 123 Å². The summed E-state index contributed by atoms with van der Waals surface area (Å²) < 4.78 is 1.47. The van der Waals surface area contributed by atoms with Gasteiger partial charge in [0.1, 0.15) is 11.7 Å². The van der Waals surface area contributed by atoms with E-state index in [9.17, 15) is 9.59 Å². The number of nitriles is 1. The molecule has 0 N–H and O–H groups in total. The number of hydrogen-bond acceptors (Lipinski definition) is 4. The Morgan fingerprint density at radius 2 is 2.29 bits per heavy atom. The van der Waals surface area contributed by atoms with Crippen LogP contribution >= 0.6 is 0 Å². The molecule has 0 radical (unpaired) electrons. The van der Waals surface area contributed by atoms with Gasteiger partial charge >= 0.3 is 0 Å². The first-order chi connectivity index (χ1) is 9.93. The van der Waals surface area contributed by atoms with Crippen LogP contribution in [0.15, 0.2) is 12.3 Å². The van der Waals surface area contributed by atoms with Gasteiger partial charge in [0.25, 0.3) is 5.91 Å². The zero-order valence-corrected chi connectivity index (χ0v) is 12.5. The number of carbonyl (C=O) groups excluding carboxylic acids is 2. The zero-order chi connectivity index (χ0) is 15.6. The summed E-state index contributed by atoms with van der Waals surface area (Å²) in [6.07, 6.45) is 2.23. The first-order valence-electron chi connectivity index (χ1n) is 6.86. The van der Waals surface area contributed by atoms with Gasteiger partial charge in [0.05, 0.1) is 12.6 Å². The molecule has 2 rings (SSSR count). The Balaban J connectivity index is 2.01. The molecule has 7 heteroatoms. The van der Waals surface area contributed by atoms with E-state index in [0.717, 1.165) is 0 Å². The number of amides is 2. The fraction of sp³-hybridized carbons (Fsp3) is 0.571. The summed E-state index contributed by atoms with van der Waals surface area (Å²) in [7, 11) is 3.25. The second-order valence-corrected chi connectivity index (χ2v) is 5.53.